The second-order valence-corrected chi connectivity index (χ2v) is 5.79. The molecule has 2 rings (SSSR count). The Morgan fingerprint density at radius 1 is 1.58 bits per heavy atom. The molecule has 1 aromatic heterocycles. The van der Waals surface area contributed by atoms with Crippen LogP contribution in [0.3, 0.4) is 0 Å². The van der Waals surface area contributed by atoms with Gasteiger partial charge in [-0.05, 0) is 25.1 Å². The summed E-state index contributed by atoms with van der Waals surface area (Å²) in [5.74, 6) is -1.43. The van der Waals surface area contributed by atoms with E-state index in [0.717, 1.165) is 22.4 Å². The van der Waals surface area contributed by atoms with Crippen LogP contribution in [-0.4, -0.2) is 36.8 Å². The highest BCUT2D eigenvalue weighted by molar-refractivity contribution is 8.26. The lowest BCUT2D eigenvalue weighted by atomic mass is 10.3. The van der Waals surface area contributed by atoms with Gasteiger partial charge in [-0.15, -0.1) is 0 Å². The van der Waals surface area contributed by atoms with E-state index in [2.05, 4.69) is 0 Å². The molecule has 1 unspecified atom stereocenters. The first-order valence-electron chi connectivity index (χ1n) is 5.53. The van der Waals surface area contributed by atoms with E-state index in [1.54, 1.807) is 6.08 Å². The van der Waals surface area contributed by atoms with Crippen molar-refractivity contribution in [1.82, 2.24) is 9.47 Å². The molecule has 0 aliphatic carbocycles. The van der Waals surface area contributed by atoms with Gasteiger partial charge in [-0.3, -0.25) is 9.69 Å². The number of aryl methyl sites for hydroxylation is 1. The van der Waals surface area contributed by atoms with Gasteiger partial charge in [-0.2, -0.15) is 0 Å². The minimum absolute atomic E-state index is 0.278. The summed E-state index contributed by atoms with van der Waals surface area (Å²) in [5.41, 5.74) is 0.864. The van der Waals surface area contributed by atoms with Gasteiger partial charge in [0.05, 0.1) is 4.91 Å². The van der Waals surface area contributed by atoms with Gasteiger partial charge in [-0.25, -0.2) is 4.79 Å². The summed E-state index contributed by atoms with van der Waals surface area (Å²) in [6.45, 7) is 1.44. The molecular formula is C12H12N2O3S2. The number of carbonyl (C=O) groups is 2. The lowest BCUT2D eigenvalue weighted by Crippen LogP contribution is -2.41. The number of aromatic nitrogens is 1. The lowest BCUT2D eigenvalue weighted by molar-refractivity contribution is -0.144. The zero-order valence-corrected chi connectivity index (χ0v) is 12.0. The third kappa shape index (κ3) is 2.57. The number of hydrogen-bond acceptors (Lipinski definition) is 4. The zero-order valence-electron chi connectivity index (χ0n) is 10.4. The van der Waals surface area contributed by atoms with E-state index in [0.29, 0.717) is 4.91 Å². The minimum Gasteiger partial charge on any atom is -0.480 e. The number of nitrogens with zero attached hydrogens (tertiary/aromatic N) is 2. The molecule has 1 amide bonds. The molecule has 0 saturated carbocycles. The summed E-state index contributed by atoms with van der Waals surface area (Å²) >= 11 is 6.20. The Hall–Kier alpha value is -1.60. The molecule has 1 aliphatic heterocycles. The van der Waals surface area contributed by atoms with Gasteiger partial charge in [0.2, 0.25) is 0 Å². The predicted molar refractivity (Wildman–Crippen MR) is 77.5 cm³/mol. The van der Waals surface area contributed by atoms with Crippen LogP contribution in [0.4, 0.5) is 0 Å². The van der Waals surface area contributed by atoms with Crippen molar-refractivity contribution < 1.29 is 14.7 Å². The zero-order chi connectivity index (χ0) is 14.2. The van der Waals surface area contributed by atoms with Crippen LogP contribution >= 0.6 is 24.0 Å². The van der Waals surface area contributed by atoms with E-state index in [-0.39, 0.29) is 10.2 Å². The molecule has 2 heterocycles. The van der Waals surface area contributed by atoms with Crippen molar-refractivity contribution in [2.24, 2.45) is 7.05 Å². The maximum absolute atomic E-state index is 12.2. The fourth-order valence-electron chi connectivity index (χ4n) is 1.68. The Bertz CT molecular complexity index is 592. The highest BCUT2D eigenvalue weighted by atomic mass is 32.2. The summed E-state index contributed by atoms with van der Waals surface area (Å²) in [6.07, 6.45) is 3.58. The molecule has 100 valence electrons. The maximum atomic E-state index is 12.2. The Morgan fingerprint density at radius 3 is 2.79 bits per heavy atom. The van der Waals surface area contributed by atoms with Crippen molar-refractivity contribution in [3.63, 3.8) is 0 Å². The number of amides is 1. The Morgan fingerprint density at radius 2 is 2.26 bits per heavy atom. The minimum atomic E-state index is -1.07. The molecule has 0 radical (unpaired) electrons. The molecule has 0 spiro atoms. The molecule has 19 heavy (non-hydrogen) atoms. The van der Waals surface area contributed by atoms with Crippen molar-refractivity contribution in [2.75, 3.05) is 0 Å². The fraction of sp³-hybridized carbons (Fsp3) is 0.250. The van der Waals surface area contributed by atoms with Crippen molar-refractivity contribution >= 4 is 46.3 Å². The molecule has 1 atom stereocenters. The molecular weight excluding hydrogens is 284 g/mol. The Labute approximate surface area is 119 Å². The number of carboxylic acids is 1. The molecule has 0 bridgehead atoms. The number of carbonyl (C=O) groups excluding carboxylic acids is 1. The van der Waals surface area contributed by atoms with Crippen LogP contribution in [0.2, 0.25) is 0 Å². The summed E-state index contributed by atoms with van der Waals surface area (Å²) in [6, 6.07) is 2.78. The molecule has 1 aromatic rings. The number of thiocarbonyl (C=S) groups is 1. The van der Waals surface area contributed by atoms with Gasteiger partial charge in [0.1, 0.15) is 10.4 Å². The van der Waals surface area contributed by atoms with Crippen LogP contribution in [0, 0.1) is 0 Å². The predicted octanol–water partition coefficient (Wildman–Crippen LogP) is 1.70. The molecule has 1 N–H and O–H groups in total. The first-order chi connectivity index (χ1) is 8.91. The van der Waals surface area contributed by atoms with Crippen LogP contribution in [0.15, 0.2) is 23.2 Å². The van der Waals surface area contributed by atoms with Crippen LogP contribution in [-0.2, 0) is 16.6 Å². The number of thioether (sulfide) groups is 1. The van der Waals surface area contributed by atoms with E-state index in [1.165, 1.54) is 6.92 Å². The number of hydrogen-bond donors (Lipinski definition) is 1. The van der Waals surface area contributed by atoms with E-state index >= 15 is 0 Å². The first kappa shape index (κ1) is 13.8. The fourth-order valence-corrected chi connectivity index (χ4v) is 3.09. The van der Waals surface area contributed by atoms with Crippen LogP contribution < -0.4 is 0 Å². The molecule has 7 heteroatoms. The Kier molecular flexibility index (Phi) is 3.77. The molecule has 1 fully saturated rings. The smallest absolute Gasteiger partial charge is 0.326 e. The third-order valence-corrected chi connectivity index (χ3v) is 4.16. The maximum Gasteiger partial charge on any atom is 0.326 e. The summed E-state index contributed by atoms with van der Waals surface area (Å²) < 4.78 is 2.15. The second-order valence-electron chi connectivity index (χ2n) is 4.11. The van der Waals surface area contributed by atoms with Gasteiger partial charge in [0, 0.05) is 18.9 Å². The van der Waals surface area contributed by atoms with Crippen LogP contribution in [0.1, 0.15) is 12.6 Å². The van der Waals surface area contributed by atoms with Gasteiger partial charge in [-0.1, -0.05) is 24.0 Å². The van der Waals surface area contributed by atoms with E-state index in [4.69, 9.17) is 17.3 Å². The van der Waals surface area contributed by atoms with E-state index in [9.17, 15) is 9.59 Å². The van der Waals surface area contributed by atoms with Crippen molar-refractivity contribution in [3.05, 3.63) is 28.9 Å². The molecule has 1 aliphatic rings. The lowest BCUT2D eigenvalue weighted by Gasteiger charge is -2.18. The van der Waals surface area contributed by atoms with Gasteiger partial charge in [0.25, 0.3) is 5.91 Å². The third-order valence-electron chi connectivity index (χ3n) is 2.83. The summed E-state index contributed by atoms with van der Waals surface area (Å²) in [7, 11) is 1.87. The normalized spacial score (nSPS) is 19.3. The van der Waals surface area contributed by atoms with Gasteiger partial charge >= 0.3 is 5.97 Å². The average Bonchev–Trinajstić information content (AvgIpc) is 2.85. The van der Waals surface area contributed by atoms with Gasteiger partial charge in [0.15, 0.2) is 0 Å². The number of aliphatic carboxylic acids is 1. The van der Waals surface area contributed by atoms with Crippen LogP contribution in [0.25, 0.3) is 6.08 Å². The van der Waals surface area contributed by atoms with Crippen LogP contribution in [0.5, 0.6) is 0 Å². The number of carboxylic acid groups (broad SMARTS) is 1. The van der Waals surface area contributed by atoms with Crippen molar-refractivity contribution in [3.8, 4) is 0 Å². The first-order valence-corrected chi connectivity index (χ1v) is 6.75. The van der Waals surface area contributed by atoms with Crippen molar-refractivity contribution in [2.45, 2.75) is 13.0 Å². The van der Waals surface area contributed by atoms with E-state index < -0.39 is 12.0 Å². The SMILES string of the molecule is CC(C(=O)O)N1C(=O)C(=Cc2cccn2C)SC1=S. The van der Waals surface area contributed by atoms with Gasteiger partial charge < -0.3 is 9.67 Å². The Balaban J connectivity index is 2.31. The highest BCUT2D eigenvalue weighted by Gasteiger charge is 2.38. The highest BCUT2D eigenvalue weighted by Crippen LogP contribution is 2.33. The average molecular weight is 296 g/mol. The topological polar surface area (TPSA) is 62.5 Å². The quantitative estimate of drug-likeness (QED) is 0.679. The summed E-state index contributed by atoms with van der Waals surface area (Å²) in [5, 5.41) is 8.98. The molecule has 0 aromatic carbocycles. The largest absolute Gasteiger partial charge is 0.480 e. The molecule has 1 saturated heterocycles. The van der Waals surface area contributed by atoms with Crippen molar-refractivity contribution in [1.29, 1.82) is 0 Å². The summed E-state index contributed by atoms with van der Waals surface area (Å²) in [4.78, 5) is 24.7. The number of rotatable bonds is 3. The standard InChI is InChI=1S/C12H12N2O3S2/c1-7(11(16)17)14-10(15)9(19-12(14)18)6-8-4-3-5-13(8)2/h3-7H,1-2H3,(H,16,17). The monoisotopic (exact) mass is 296 g/mol. The molecule has 5 nitrogen and oxygen atoms in total. The van der Waals surface area contributed by atoms with E-state index in [1.807, 2.05) is 29.9 Å². The second kappa shape index (κ2) is 5.18.